The van der Waals surface area contributed by atoms with Crippen LogP contribution in [0.1, 0.15) is 33.1 Å². The standard InChI is InChI=1S/C6H13S/c1-3-5-6(7)4-2/h6H,3-5H2,1-2H3. The fraction of sp³-hybridized carbons (Fsp3) is 1.00. The van der Waals surface area contributed by atoms with E-state index in [0.717, 1.165) is 6.42 Å². The summed E-state index contributed by atoms with van der Waals surface area (Å²) >= 11 is 5.04. The molecule has 1 unspecified atom stereocenters. The van der Waals surface area contributed by atoms with Gasteiger partial charge in [0.15, 0.2) is 0 Å². The molecular formula is C6H13S. The van der Waals surface area contributed by atoms with Crippen LogP contribution >= 0.6 is 12.6 Å². The Balaban J connectivity index is 2.83. The quantitative estimate of drug-likeness (QED) is 0.533. The molecule has 0 fully saturated rings. The second-order valence-corrected chi connectivity index (χ2v) is 2.49. The second-order valence-electron chi connectivity index (χ2n) is 1.82. The van der Waals surface area contributed by atoms with Crippen LogP contribution in [-0.4, -0.2) is 5.25 Å². The van der Waals surface area contributed by atoms with Crippen molar-refractivity contribution in [2.24, 2.45) is 0 Å². The first-order valence-electron chi connectivity index (χ1n) is 2.97. The summed E-state index contributed by atoms with van der Waals surface area (Å²) in [5, 5.41) is 0.532. The molecule has 0 amide bonds. The van der Waals surface area contributed by atoms with E-state index in [4.69, 9.17) is 12.6 Å². The molecule has 0 N–H and O–H groups in total. The Morgan fingerprint density at radius 1 is 1.43 bits per heavy atom. The molecule has 0 aliphatic heterocycles. The highest BCUT2D eigenvalue weighted by Gasteiger charge is 1.94. The monoisotopic (exact) mass is 117 g/mol. The van der Waals surface area contributed by atoms with Gasteiger partial charge in [-0.25, -0.2) is 0 Å². The second kappa shape index (κ2) is 4.51. The molecule has 1 heteroatoms. The third-order valence-electron chi connectivity index (χ3n) is 1.07. The topological polar surface area (TPSA) is 0 Å². The lowest BCUT2D eigenvalue weighted by atomic mass is 10.2. The Bertz CT molecular complexity index is 35.2. The molecule has 1 radical (unpaired) electrons. The molecule has 0 aliphatic rings. The zero-order valence-corrected chi connectivity index (χ0v) is 5.92. The molecule has 0 aromatic heterocycles. The van der Waals surface area contributed by atoms with E-state index in [1.807, 2.05) is 0 Å². The molecule has 1 atom stereocenters. The Morgan fingerprint density at radius 2 is 2.00 bits per heavy atom. The number of hydrogen-bond acceptors (Lipinski definition) is 0. The molecular weight excluding hydrogens is 104 g/mol. The summed E-state index contributed by atoms with van der Waals surface area (Å²) in [5.41, 5.74) is 0. The smallest absolute Gasteiger partial charge is 0.0148 e. The highest BCUT2D eigenvalue weighted by Crippen LogP contribution is 2.06. The van der Waals surface area contributed by atoms with Gasteiger partial charge in [0.05, 0.1) is 0 Å². The summed E-state index contributed by atoms with van der Waals surface area (Å²) in [6.45, 7) is 4.32. The molecule has 0 aromatic carbocycles. The Labute approximate surface area is 51.7 Å². The van der Waals surface area contributed by atoms with Gasteiger partial charge in [-0.3, -0.25) is 0 Å². The fourth-order valence-electron chi connectivity index (χ4n) is 0.526. The molecule has 0 aromatic rings. The lowest BCUT2D eigenvalue weighted by Gasteiger charge is -2.00. The molecule has 0 bridgehead atoms. The third kappa shape index (κ3) is 4.20. The molecule has 43 valence electrons. The minimum Gasteiger partial charge on any atom is -0.0905 e. The zero-order chi connectivity index (χ0) is 5.70. The third-order valence-corrected chi connectivity index (χ3v) is 1.64. The van der Waals surface area contributed by atoms with Crippen LogP contribution in [0, 0.1) is 0 Å². The maximum atomic E-state index is 5.04. The van der Waals surface area contributed by atoms with Gasteiger partial charge in [0.2, 0.25) is 0 Å². The van der Waals surface area contributed by atoms with Crippen LogP contribution in [0.5, 0.6) is 0 Å². The van der Waals surface area contributed by atoms with Crippen molar-refractivity contribution < 1.29 is 0 Å². The normalized spacial score (nSPS) is 14.1. The van der Waals surface area contributed by atoms with Gasteiger partial charge < -0.3 is 0 Å². The molecule has 0 spiro atoms. The highest BCUT2D eigenvalue weighted by molar-refractivity contribution is 7.80. The molecule has 0 aliphatic carbocycles. The van der Waals surface area contributed by atoms with Gasteiger partial charge in [0.1, 0.15) is 0 Å². The first-order valence-corrected chi connectivity index (χ1v) is 3.44. The van der Waals surface area contributed by atoms with Gasteiger partial charge in [0, 0.05) is 5.25 Å². The molecule has 0 saturated heterocycles. The Hall–Kier alpha value is 0.350. The van der Waals surface area contributed by atoms with Crippen LogP contribution in [0.15, 0.2) is 0 Å². The van der Waals surface area contributed by atoms with Crippen molar-refractivity contribution in [1.29, 1.82) is 0 Å². The van der Waals surface area contributed by atoms with Crippen LogP contribution in [0.2, 0.25) is 0 Å². The van der Waals surface area contributed by atoms with Gasteiger partial charge in [0.25, 0.3) is 0 Å². The van der Waals surface area contributed by atoms with E-state index < -0.39 is 0 Å². The van der Waals surface area contributed by atoms with Gasteiger partial charge in [-0.2, -0.15) is 0 Å². The van der Waals surface area contributed by atoms with Crippen molar-refractivity contribution in [1.82, 2.24) is 0 Å². The lowest BCUT2D eigenvalue weighted by molar-refractivity contribution is 0.724. The van der Waals surface area contributed by atoms with Gasteiger partial charge >= 0.3 is 0 Å². The van der Waals surface area contributed by atoms with E-state index in [2.05, 4.69) is 13.8 Å². The van der Waals surface area contributed by atoms with Gasteiger partial charge in [-0.15, -0.1) is 0 Å². The van der Waals surface area contributed by atoms with E-state index in [9.17, 15) is 0 Å². The van der Waals surface area contributed by atoms with E-state index in [1.54, 1.807) is 0 Å². The largest absolute Gasteiger partial charge is 0.0905 e. The Kier molecular flexibility index (Phi) is 4.73. The molecule has 0 rings (SSSR count). The van der Waals surface area contributed by atoms with Gasteiger partial charge in [-0.05, 0) is 12.8 Å². The summed E-state index contributed by atoms with van der Waals surface area (Å²) in [7, 11) is 0. The minimum absolute atomic E-state index is 0.532. The molecule has 0 nitrogen and oxygen atoms in total. The number of rotatable bonds is 3. The van der Waals surface area contributed by atoms with E-state index >= 15 is 0 Å². The summed E-state index contributed by atoms with van der Waals surface area (Å²) in [6.07, 6.45) is 3.61. The zero-order valence-electron chi connectivity index (χ0n) is 5.11. The van der Waals surface area contributed by atoms with Crippen LogP contribution in [-0.2, 0) is 0 Å². The van der Waals surface area contributed by atoms with Crippen molar-refractivity contribution in [3.05, 3.63) is 0 Å². The fourth-order valence-corrected chi connectivity index (χ4v) is 0.762. The summed E-state index contributed by atoms with van der Waals surface area (Å²) in [6, 6.07) is 0. The van der Waals surface area contributed by atoms with E-state index in [-0.39, 0.29) is 0 Å². The molecule has 0 heterocycles. The van der Waals surface area contributed by atoms with Crippen LogP contribution in [0.3, 0.4) is 0 Å². The summed E-state index contributed by atoms with van der Waals surface area (Å²) in [5.74, 6) is 0. The first-order chi connectivity index (χ1) is 3.31. The van der Waals surface area contributed by atoms with Gasteiger partial charge in [-0.1, -0.05) is 32.9 Å². The predicted octanol–water partition coefficient (Wildman–Crippen LogP) is 2.76. The van der Waals surface area contributed by atoms with Crippen molar-refractivity contribution in [3.63, 3.8) is 0 Å². The van der Waals surface area contributed by atoms with Crippen molar-refractivity contribution in [2.45, 2.75) is 38.4 Å². The maximum absolute atomic E-state index is 5.04. The minimum atomic E-state index is 0.532. The van der Waals surface area contributed by atoms with E-state index in [0.29, 0.717) is 5.25 Å². The highest BCUT2D eigenvalue weighted by atomic mass is 32.1. The molecule has 0 saturated carbocycles. The SMILES string of the molecule is CCCC([S])CC. The van der Waals surface area contributed by atoms with E-state index in [1.165, 1.54) is 12.8 Å². The first kappa shape index (κ1) is 7.35. The van der Waals surface area contributed by atoms with Crippen LogP contribution < -0.4 is 0 Å². The lowest BCUT2D eigenvalue weighted by Crippen LogP contribution is -1.92. The summed E-state index contributed by atoms with van der Waals surface area (Å²) < 4.78 is 0. The van der Waals surface area contributed by atoms with Crippen molar-refractivity contribution in [3.8, 4) is 0 Å². The average Bonchev–Trinajstić information content (AvgIpc) is 1.68. The van der Waals surface area contributed by atoms with Crippen molar-refractivity contribution >= 4 is 12.6 Å². The number of hydrogen-bond donors (Lipinski definition) is 0. The van der Waals surface area contributed by atoms with Crippen LogP contribution in [0.4, 0.5) is 0 Å². The summed E-state index contributed by atoms with van der Waals surface area (Å²) in [4.78, 5) is 0. The predicted molar refractivity (Wildman–Crippen MR) is 36.6 cm³/mol. The maximum Gasteiger partial charge on any atom is 0.0148 e. The average molecular weight is 117 g/mol. The van der Waals surface area contributed by atoms with Crippen molar-refractivity contribution in [2.75, 3.05) is 0 Å². The molecule has 7 heavy (non-hydrogen) atoms. The van der Waals surface area contributed by atoms with Crippen LogP contribution in [0.25, 0.3) is 0 Å². The Morgan fingerprint density at radius 3 is 2.14 bits per heavy atom.